The van der Waals surface area contributed by atoms with Crippen molar-refractivity contribution >= 4 is 72.2 Å². The van der Waals surface area contributed by atoms with Crippen LogP contribution in [0.4, 0.5) is 5.69 Å². The zero-order valence-corrected chi connectivity index (χ0v) is 20.0. The van der Waals surface area contributed by atoms with Crippen molar-refractivity contribution in [3.63, 3.8) is 0 Å². The lowest BCUT2D eigenvalue weighted by Gasteiger charge is -2.25. The lowest BCUT2D eigenvalue weighted by Crippen LogP contribution is -2.47. The van der Waals surface area contributed by atoms with Crippen molar-refractivity contribution < 1.29 is 13.2 Å². The summed E-state index contributed by atoms with van der Waals surface area (Å²) in [6, 6.07) is 12.2. The van der Waals surface area contributed by atoms with E-state index in [9.17, 15) is 13.2 Å². The number of anilines is 1. The number of thiocarbonyl (C=S) groups is 1. The number of carbonyl (C=O) groups is 1. The molecule has 31 heavy (non-hydrogen) atoms. The number of benzene rings is 2. The molecule has 11 heteroatoms. The van der Waals surface area contributed by atoms with Gasteiger partial charge in [0.25, 0.3) is 5.91 Å². The molecule has 3 aromatic rings. The van der Waals surface area contributed by atoms with E-state index >= 15 is 0 Å². The van der Waals surface area contributed by atoms with E-state index in [1.165, 1.54) is 7.05 Å². The summed E-state index contributed by atoms with van der Waals surface area (Å²) in [6.07, 6.45) is 0. The van der Waals surface area contributed by atoms with Gasteiger partial charge < -0.3 is 11.1 Å². The Bertz CT molecular complexity index is 1230. The van der Waals surface area contributed by atoms with E-state index in [1.54, 1.807) is 35.6 Å². The molecule has 0 spiro atoms. The quantitative estimate of drug-likeness (QED) is 0.430. The molecule has 7 nitrogen and oxygen atoms in total. The Hall–Kier alpha value is -2.24. The van der Waals surface area contributed by atoms with Gasteiger partial charge in [0, 0.05) is 40.5 Å². The maximum atomic E-state index is 12.5. The largest absolute Gasteiger partial charge is 0.375 e. The smallest absolute Gasteiger partial charge is 0.303 e. The third-order valence-electron chi connectivity index (χ3n) is 4.73. The summed E-state index contributed by atoms with van der Waals surface area (Å²) in [7, 11) is -2.50. The molecule has 4 N–H and O–H groups in total. The fourth-order valence-electron chi connectivity index (χ4n) is 3.08. The number of rotatable bonds is 7. The summed E-state index contributed by atoms with van der Waals surface area (Å²) in [6.45, 7) is 1.99. The van der Waals surface area contributed by atoms with Crippen LogP contribution >= 0.6 is 35.2 Å². The van der Waals surface area contributed by atoms with E-state index in [4.69, 9.17) is 29.6 Å². The van der Waals surface area contributed by atoms with Crippen LogP contribution in [0.1, 0.15) is 28.8 Å². The molecule has 3 rings (SSSR count). The standard InChI is InChI=1S/C20H21ClN4O3S3/c1-12(10-25(20(22)29)31(27,28)23-2)17-11-30-18-8-7-15(9-16(17)18)24-19(26)13-3-5-14(21)6-4-13/h3-9,11-12,23H,10H2,1-2H3,(H2,22,29)(H,24,26)/t12-/m0/s1. The fourth-order valence-corrected chi connectivity index (χ4v) is 5.51. The number of thiophene rings is 1. The predicted octanol–water partition coefficient (Wildman–Crippen LogP) is 3.92. The molecule has 0 unspecified atom stereocenters. The minimum Gasteiger partial charge on any atom is -0.375 e. The lowest BCUT2D eigenvalue weighted by atomic mass is 10.00. The maximum Gasteiger partial charge on any atom is 0.303 e. The highest BCUT2D eigenvalue weighted by molar-refractivity contribution is 7.89. The molecule has 164 valence electrons. The number of halogens is 1. The minimum atomic E-state index is -3.80. The van der Waals surface area contributed by atoms with Gasteiger partial charge in [-0.05, 0) is 71.0 Å². The van der Waals surface area contributed by atoms with E-state index in [-0.39, 0.29) is 23.5 Å². The van der Waals surface area contributed by atoms with Gasteiger partial charge in [-0.15, -0.1) is 11.3 Å². The van der Waals surface area contributed by atoms with Crippen LogP contribution in [0.15, 0.2) is 47.8 Å². The number of carbonyl (C=O) groups excluding carboxylic acids is 1. The average Bonchev–Trinajstić information content (AvgIpc) is 3.15. The van der Waals surface area contributed by atoms with Gasteiger partial charge in [-0.1, -0.05) is 18.5 Å². The minimum absolute atomic E-state index is 0.0890. The third-order valence-corrected chi connectivity index (χ3v) is 7.74. The summed E-state index contributed by atoms with van der Waals surface area (Å²) in [4.78, 5) is 12.5. The first-order chi connectivity index (χ1) is 14.6. The molecule has 0 saturated carbocycles. The number of nitrogens with zero attached hydrogens (tertiary/aromatic N) is 1. The Morgan fingerprint density at radius 1 is 1.26 bits per heavy atom. The highest BCUT2D eigenvalue weighted by Gasteiger charge is 2.25. The Morgan fingerprint density at radius 3 is 2.55 bits per heavy atom. The molecule has 1 atom stereocenters. The number of nitrogens with two attached hydrogens (primary N) is 1. The van der Waals surface area contributed by atoms with Gasteiger partial charge in [0.15, 0.2) is 5.11 Å². The van der Waals surface area contributed by atoms with Gasteiger partial charge in [0.05, 0.1) is 0 Å². The molecule has 0 fully saturated rings. The number of hydrogen-bond acceptors (Lipinski definition) is 5. The van der Waals surface area contributed by atoms with Crippen LogP contribution in [-0.2, 0) is 10.2 Å². The first-order valence-corrected chi connectivity index (χ1v) is 12.3. The molecular formula is C20H21ClN4O3S3. The van der Waals surface area contributed by atoms with Gasteiger partial charge in [0.1, 0.15) is 0 Å². The summed E-state index contributed by atoms with van der Waals surface area (Å²) >= 11 is 12.3. The number of hydrogen-bond donors (Lipinski definition) is 3. The van der Waals surface area contributed by atoms with Crippen molar-refractivity contribution in [2.45, 2.75) is 12.8 Å². The van der Waals surface area contributed by atoms with Gasteiger partial charge >= 0.3 is 10.2 Å². The van der Waals surface area contributed by atoms with Crippen LogP contribution < -0.4 is 15.8 Å². The zero-order valence-electron chi connectivity index (χ0n) is 16.8. The Kier molecular flexibility index (Phi) is 7.17. The van der Waals surface area contributed by atoms with Crippen molar-refractivity contribution in [1.29, 1.82) is 0 Å². The normalized spacial score (nSPS) is 12.5. The van der Waals surface area contributed by atoms with Crippen LogP contribution in [-0.4, -0.2) is 37.3 Å². The molecule has 1 aromatic heterocycles. The van der Waals surface area contributed by atoms with Crippen LogP contribution in [0.5, 0.6) is 0 Å². The fraction of sp³-hybridized carbons (Fsp3) is 0.200. The van der Waals surface area contributed by atoms with Gasteiger partial charge in [0.2, 0.25) is 0 Å². The van der Waals surface area contributed by atoms with Crippen LogP contribution in [0.25, 0.3) is 10.1 Å². The Morgan fingerprint density at radius 2 is 1.94 bits per heavy atom. The highest BCUT2D eigenvalue weighted by Crippen LogP contribution is 2.34. The topological polar surface area (TPSA) is 105 Å². The monoisotopic (exact) mass is 496 g/mol. The molecule has 0 radical (unpaired) electrons. The summed E-state index contributed by atoms with van der Waals surface area (Å²) < 4.78 is 28.7. The molecule has 1 amide bonds. The van der Waals surface area contributed by atoms with E-state index < -0.39 is 10.2 Å². The van der Waals surface area contributed by atoms with E-state index in [0.29, 0.717) is 16.3 Å². The second-order valence-electron chi connectivity index (χ2n) is 6.84. The molecule has 1 heterocycles. The maximum absolute atomic E-state index is 12.5. The second kappa shape index (κ2) is 9.49. The van der Waals surface area contributed by atoms with Crippen LogP contribution in [0.2, 0.25) is 5.02 Å². The number of fused-ring (bicyclic) bond motifs is 1. The van der Waals surface area contributed by atoms with Crippen molar-refractivity contribution in [2.75, 3.05) is 18.9 Å². The number of amides is 1. The Balaban J connectivity index is 1.86. The molecule has 0 saturated heterocycles. The van der Waals surface area contributed by atoms with E-state index in [2.05, 4.69) is 10.0 Å². The first kappa shape index (κ1) is 23.4. The second-order valence-corrected chi connectivity index (χ2v) is 10.4. The first-order valence-electron chi connectivity index (χ1n) is 9.21. The van der Waals surface area contributed by atoms with E-state index in [0.717, 1.165) is 20.0 Å². The van der Waals surface area contributed by atoms with Gasteiger partial charge in [-0.25, -0.2) is 9.03 Å². The summed E-state index contributed by atoms with van der Waals surface area (Å²) in [5.41, 5.74) is 7.71. The van der Waals surface area contributed by atoms with Crippen molar-refractivity contribution in [3.05, 3.63) is 64.0 Å². The van der Waals surface area contributed by atoms with Crippen molar-refractivity contribution in [2.24, 2.45) is 5.73 Å². The molecule has 0 aliphatic rings. The summed E-state index contributed by atoms with van der Waals surface area (Å²) in [5.74, 6) is -0.443. The third kappa shape index (κ3) is 5.34. The lowest BCUT2D eigenvalue weighted by molar-refractivity contribution is 0.102. The van der Waals surface area contributed by atoms with Crippen molar-refractivity contribution in [1.82, 2.24) is 9.03 Å². The van der Waals surface area contributed by atoms with Gasteiger partial charge in [-0.2, -0.15) is 8.42 Å². The summed E-state index contributed by atoms with van der Waals surface area (Å²) in [5, 5.41) is 6.12. The zero-order chi connectivity index (χ0) is 22.8. The SMILES string of the molecule is CNS(=O)(=O)N(C[C@H](C)c1csc2ccc(NC(=O)c3ccc(Cl)cc3)cc12)C(N)=S. The average molecular weight is 497 g/mol. The van der Waals surface area contributed by atoms with Crippen LogP contribution in [0.3, 0.4) is 0 Å². The van der Waals surface area contributed by atoms with Crippen LogP contribution in [0, 0.1) is 0 Å². The molecule has 2 aromatic carbocycles. The molecule has 0 aliphatic heterocycles. The van der Waals surface area contributed by atoms with Crippen molar-refractivity contribution in [3.8, 4) is 0 Å². The predicted molar refractivity (Wildman–Crippen MR) is 131 cm³/mol. The molecule has 0 bridgehead atoms. The van der Waals surface area contributed by atoms with E-state index in [1.807, 2.05) is 30.5 Å². The highest BCUT2D eigenvalue weighted by atomic mass is 35.5. The Labute approximate surface area is 195 Å². The molecular weight excluding hydrogens is 476 g/mol. The van der Waals surface area contributed by atoms with Gasteiger partial charge in [-0.3, -0.25) is 4.79 Å². The molecule has 0 aliphatic carbocycles. The number of nitrogens with one attached hydrogen (secondary N) is 2.